The van der Waals surface area contributed by atoms with Crippen LogP contribution >= 0.6 is 0 Å². The van der Waals surface area contributed by atoms with E-state index < -0.39 is 0 Å². The van der Waals surface area contributed by atoms with Crippen LogP contribution in [-0.2, 0) is 13.0 Å². The van der Waals surface area contributed by atoms with Crippen LogP contribution in [0.5, 0.6) is 0 Å². The highest BCUT2D eigenvalue weighted by atomic mass is 16.1. The minimum atomic E-state index is 0.00903. The van der Waals surface area contributed by atoms with Crippen LogP contribution in [0.25, 0.3) is 0 Å². The van der Waals surface area contributed by atoms with Crippen LogP contribution in [0.2, 0.25) is 0 Å². The number of ketones is 1. The Balaban J connectivity index is 2.29. The number of carbonyl (C=O) groups excluding carboxylic acids is 1. The lowest BCUT2D eigenvalue weighted by Gasteiger charge is -2.04. The van der Waals surface area contributed by atoms with Crippen molar-refractivity contribution in [2.45, 2.75) is 19.9 Å². The molecular formula is C15H16N2O. The molecule has 2 rings (SSSR count). The molecule has 2 N–H and O–H groups in total. The van der Waals surface area contributed by atoms with Crippen molar-refractivity contribution in [3.05, 3.63) is 65.0 Å². The SMILES string of the molecule is CCc1ccc(C(=O)c2ccnc(CN)c2)cc1. The van der Waals surface area contributed by atoms with Gasteiger partial charge in [0.05, 0.1) is 5.69 Å². The quantitative estimate of drug-likeness (QED) is 0.834. The van der Waals surface area contributed by atoms with Crippen molar-refractivity contribution in [3.63, 3.8) is 0 Å². The molecule has 0 saturated carbocycles. The molecule has 0 radical (unpaired) electrons. The first-order valence-electron chi connectivity index (χ1n) is 6.03. The topological polar surface area (TPSA) is 56.0 Å². The fourth-order valence-electron chi connectivity index (χ4n) is 1.79. The van der Waals surface area contributed by atoms with E-state index in [-0.39, 0.29) is 5.78 Å². The summed E-state index contributed by atoms with van der Waals surface area (Å²) >= 11 is 0. The predicted octanol–water partition coefficient (Wildman–Crippen LogP) is 2.33. The Morgan fingerprint density at radius 3 is 2.50 bits per heavy atom. The first kappa shape index (κ1) is 12.5. The van der Waals surface area contributed by atoms with E-state index in [0.717, 1.165) is 12.1 Å². The molecule has 0 aliphatic rings. The van der Waals surface area contributed by atoms with Crippen molar-refractivity contribution >= 4 is 5.78 Å². The predicted molar refractivity (Wildman–Crippen MR) is 71.4 cm³/mol. The van der Waals surface area contributed by atoms with Gasteiger partial charge < -0.3 is 5.73 Å². The van der Waals surface area contributed by atoms with Crippen LogP contribution in [0, 0.1) is 0 Å². The van der Waals surface area contributed by atoms with Crippen LogP contribution in [-0.4, -0.2) is 10.8 Å². The van der Waals surface area contributed by atoms with Gasteiger partial charge in [0.1, 0.15) is 0 Å². The Bertz CT molecular complexity index is 547. The van der Waals surface area contributed by atoms with Gasteiger partial charge in [-0.25, -0.2) is 0 Å². The van der Waals surface area contributed by atoms with Gasteiger partial charge in [-0.15, -0.1) is 0 Å². The van der Waals surface area contributed by atoms with E-state index in [2.05, 4.69) is 11.9 Å². The molecule has 1 aromatic heterocycles. The molecule has 0 fully saturated rings. The van der Waals surface area contributed by atoms with Gasteiger partial charge in [-0.05, 0) is 24.1 Å². The molecule has 0 aliphatic heterocycles. The smallest absolute Gasteiger partial charge is 0.193 e. The summed E-state index contributed by atoms with van der Waals surface area (Å²) in [5, 5.41) is 0. The summed E-state index contributed by atoms with van der Waals surface area (Å²) in [6.07, 6.45) is 2.59. The summed E-state index contributed by atoms with van der Waals surface area (Å²) in [5.74, 6) is 0.00903. The summed E-state index contributed by atoms with van der Waals surface area (Å²) < 4.78 is 0. The number of carbonyl (C=O) groups is 1. The molecule has 0 bridgehead atoms. The standard InChI is InChI=1S/C15H16N2O/c1-2-11-3-5-12(6-4-11)15(18)13-7-8-17-14(9-13)10-16/h3-9H,2,10,16H2,1H3. The lowest BCUT2D eigenvalue weighted by atomic mass is 10.0. The normalized spacial score (nSPS) is 10.3. The van der Waals surface area contributed by atoms with E-state index in [1.54, 1.807) is 18.3 Å². The van der Waals surface area contributed by atoms with Crippen LogP contribution in [0.15, 0.2) is 42.6 Å². The number of nitrogens with two attached hydrogens (primary N) is 1. The Kier molecular flexibility index (Phi) is 3.85. The van der Waals surface area contributed by atoms with Gasteiger partial charge in [0.2, 0.25) is 0 Å². The summed E-state index contributed by atoms with van der Waals surface area (Å²) in [6, 6.07) is 11.2. The number of nitrogens with zero attached hydrogens (tertiary/aromatic N) is 1. The van der Waals surface area contributed by atoms with Crippen LogP contribution in [0.4, 0.5) is 0 Å². The number of rotatable bonds is 4. The van der Waals surface area contributed by atoms with Crippen LogP contribution in [0.3, 0.4) is 0 Å². The van der Waals surface area contributed by atoms with Crippen molar-refractivity contribution in [1.82, 2.24) is 4.98 Å². The highest BCUT2D eigenvalue weighted by Gasteiger charge is 2.09. The zero-order valence-electron chi connectivity index (χ0n) is 10.4. The van der Waals surface area contributed by atoms with E-state index in [9.17, 15) is 4.79 Å². The molecular weight excluding hydrogens is 224 g/mol. The van der Waals surface area contributed by atoms with Gasteiger partial charge in [0.25, 0.3) is 0 Å². The lowest BCUT2D eigenvalue weighted by molar-refractivity contribution is 0.103. The first-order chi connectivity index (χ1) is 8.74. The highest BCUT2D eigenvalue weighted by Crippen LogP contribution is 2.12. The molecule has 1 aromatic carbocycles. The average molecular weight is 240 g/mol. The molecule has 18 heavy (non-hydrogen) atoms. The second-order valence-corrected chi connectivity index (χ2v) is 4.12. The minimum absolute atomic E-state index is 0.00903. The van der Waals surface area contributed by atoms with Crippen molar-refractivity contribution in [3.8, 4) is 0 Å². The van der Waals surface area contributed by atoms with E-state index >= 15 is 0 Å². The van der Waals surface area contributed by atoms with E-state index in [0.29, 0.717) is 17.7 Å². The maximum Gasteiger partial charge on any atom is 0.193 e. The van der Waals surface area contributed by atoms with E-state index in [1.807, 2.05) is 24.3 Å². The second kappa shape index (κ2) is 5.56. The molecule has 1 heterocycles. The average Bonchev–Trinajstić information content (AvgIpc) is 2.46. The molecule has 0 aliphatic carbocycles. The summed E-state index contributed by atoms with van der Waals surface area (Å²) in [6.45, 7) is 2.43. The molecule has 92 valence electrons. The van der Waals surface area contributed by atoms with Gasteiger partial charge in [0.15, 0.2) is 5.78 Å². The third-order valence-corrected chi connectivity index (χ3v) is 2.91. The number of hydrogen-bond donors (Lipinski definition) is 1. The van der Waals surface area contributed by atoms with Crippen molar-refractivity contribution in [1.29, 1.82) is 0 Å². The molecule has 3 heteroatoms. The number of benzene rings is 1. The molecule has 0 amide bonds. The summed E-state index contributed by atoms with van der Waals surface area (Å²) in [5.41, 5.74) is 8.80. The maximum absolute atomic E-state index is 12.2. The highest BCUT2D eigenvalue weighted by molar-refractivity contribution is 6.08. The third-order valence-electron chi connectivity index (χ3n) is 2.91. The Morgan fingerprint density at radius 2 is 1.89 bits per heavy atom. The summed E-state index contributed by atoms with van der Waals surface area (Å²) in [4.78, 5) is 16.3. The van der Waals surface area contributed by atoms with Gasteiger partial charge in [-0.3, -0.25) is 9.78 Å². The van der Waals surface area contributed by atoms with Gasteiger partial charge in [-0.2, -0.15) is 0 Å². The maximum atomic E-state index is 12.2. The molecule has 0 unspecified atom stereocenters. The number of pyridine rings is 1. The summed E-state index contributed by atoms with van der Waals surface area (Å²) in [7, 11) is 0. The van der Waals surface area contributed by atoms with Gasteiger partial charge in [-0.1, -0.05) is 31.2 Å². The Hall–Kier alpha value is -2.00. The fourth-order valence-corrected chi connectivity index (χ4v) is 1.79. The van der Waals surface area contributed by atoms with E-state index in [1.165, 1.54) is 5.56 Å². The van der Waals surface area contributed by atoms with Gasteiger partial charge in [0, 0.05) is 23.9 Å². The molecule has 0 atom stereocenters. The zero-order valence-corrected chi connectivity index (χ0v) is 10.4. The number of aromatic nitrogens is 1. The minimum Gasteiger partial charge on any atom is -0.325 e. The van der Waals surface area contributed by atoms with E-state index in [4.69, 9.17) is 5.73 Å². The Morgan fingerprint density at radius 1 is 1.17 bits per heavy atom. The molecule has 3 nitrogen and oxygen atoms in total. The van der Waals surface area contributed by atoms with Gasteiger partial charge >= 0.3 is 0 Å². The fraction of sp³-hybridized carbons (Fsp3) is 0.200. The number of hydrogen-bond acceptors (Lipinski definition) is 3. The van der Waals surface area contributed by atoms with Crippen molar-refractivity contribution < 1.29 is 4.79 Å². The Labute approximate surface area is 107 Å². The van der Waals surface area contributed by atoms with Crippen LogP contribution < -0.4 is 5.73 Å². The molecule has 0 spiro atoms. The first-order valence-corrected chi connectivity index (χ1v) is 6.03. The molecule has 0 saturated heterocycles. The number of aryl methyl sites for hydroxylation is 1. The van der Waals surface area contributed by atoms with Crippen molar-refractivity contribution in [2.75, 3.05) is 0 Å². The largest absolute Gasteiger partial charge is 0.325 e. The van der Waals surface area contributed by atoms with Crippen molar-refractivity contribution in [2.24, 2.45) is 5.73 Å². The molecule has 2 aromatic rings. The zero-order chi connectivity index (χ0) is 13.0. The monoisotopic (exact) mass is 240 g/mol. The second-order valence-electron chi connectivity index (χ2n) is 4.12. The van der Waals surface area contributed by atoms with Crippen LogP contribution in [0.1, 0.15) is 34.1 Å². The third kappa shape index (κ3) is 2.63. The lowest BCUT2D eigenvalue weighted by Crippen LogP contribution is -2.05.